The van der Waals surface area contributed by atoms with Crippen LogP contribution in [-0.2, 0) is 4.79 Å². The lowest BCUT2D eigenvalue weighted by Gasteiger charge is -2.30. The van der Waals surface area contributed by atoms with Crippen molar-refractivity contribution in [1.29, 1.82) is 0 Å². The third-order valence-electron chi connectivity index (χ3n) is 2.99. The number of aliphatic carboxylic acids is 1. The molecule has 0 aromatic rings. The third kappa shape index (κ3) is 5.16. The second-order valence-electron chi connectivity index (χ2n) is 5.69. The maximum Gasteiger partial charge on any atom is 0.315 e. The largest absolute Gasteiger partial charge is 0.481 e. The molecule has 1 aliphatic rings. The van der Waals surface area contributed by atoms with E-state index in [-0.39, 0.29) is 30.0 Å². The van der Waals surface area contributed by atoms with Gasteiger partial charge in [0.15, 0.2) is 0 Å². The van der Waals surface area contributed by atoms with E-state index in [4.69, 9.17) is 5.11 Å². The Labute approximate surface area is 112 Å². The number of nitrogens with one attached hydrogen (secondary N) is 2. The molecule has 0 spiro atoms. The van der Waals surface area contributed by atoms with Crippen LogP contribution in [0.2, 0.25) is 0 Å². The molecular formula is C12H22N2O3S. The number of hydrogen-bond donors (Lipinski definition) is 3. The molecule has 0 aliphatic carbocycles. The summed E-state index contributed by atoms with van der Waals surface area (Å²) in [4.78, 5) is 22.6. The number of rotatable bonds is 4. The number of hydrogen-bond acceptors (Lipinski definition) is 3. The van der Waals surface area contributed by atoms with Crippen LogP contribution in [0.4, 0.5) is 4.79 Å². The highest BCUT2D eigenvalue weighted by atomic mass is 32.2. The number of carbonyl (C=O) groups is 2. The van der Waals surface area contributed by atoms with Crippen molar-refractivity contribution in [2.24, 2.45) is 5.41 Å². The van der Waals surface area contributed by atoms with Gasteiger partial charge in [0.05, 0.1) is 6.42 Å². The minimum atomic E-state index is -0.897. The Morgan fingerprint density at radius 2 is 2.11 bits per heavy atom. The first-order chi connectivity index (χ1) is 8.29. The summed E-state index contributed by atoms with van der Waals surface area (Å²) in [5.41, 5.74) is -0.278. The smallest absolute Gasteiger partial charge is 0.315 e. The fourth-order valence-electron chi connectivity index (χ4n) is 1.78. The molecule has 1 heterocycles. The zero-order valence-electron chi connectivity index (χ0n) is 11.2. The Hall–Kier alpha value is -0.910. The molecule has 1 saturated heterocycles. The highest BCUT2D eigenvalue weighted by molar-refractivity contribution is 7.99. The lowest BCUT2D eigenvalue weighted by atomic mass is 9.85. The molecule has 1 fully saturated rings. The molecule has 1 rings (SSSR count). The molecule has 104 valence electrons. The van der Waals surface area contributed by atoms with Crippen LogP contribution in [0.25, 0.3) is 0 Å². The van der Waals surface area contributed by atoms with E-state index in [0.717, 1.165) is 17.9 Å². The van der Waals surface area contributed by atoms with E-state index in [2.05, 4.69) is 10.6 Å². The average Bonchev–Trinajstić information content (AvgIpc) is 2.67. The number of amides is 2. The van der Waals surface area contributed by atoms with Gasteiger partial charge in [-0.1, -0.05) is 20.8 Å². The van der Waals surface area contributed by atoms with Crippen molar-refractivity contribution in [3.63, 3.8) is 0 Å². The molecule has 0 bridgehead atoms. The predicted molar refractivity (Wildman–Crippen MR) is 72.9 cm³/mol. The van der Waals surface area contributed by atoms with Gasteiger partial charge < -0.3 is 15.7 Å². The van der Waals surface area contributed by atoms with Crippen LogP contribution in [-0.4, -0.2) is 40.7 Å². The number of carboxylic acids is 1. The van der Waals surface area contributed by atoms with E-state index in [1.165, 1.54) is 0 Å². The predicted octanol–water partition coefficient (Wildman–Crippen LogP) is 1.68. The van der Waals surface area contributed by atoms with Crippen LogP contribution < -0.4 is 10.6 Å². The molecule has 2 atom stereocenters. The summed E-state index contributed by atoms with van der Waals surface area (Å²) in [6.45, 7) is 5.77. The molecule has 2 unspecified atom stereocenters. The Kier molecular flexibility index (Phi) is 5.31. The Morgan fingerprint density at radius 1 is 1.44 bits per heavy atom. The van der Waals surface area contributed by atoms with Crippen LogP contribution in [0.15, 0.2) is 0 Å². The van der Waals surface area contributed by atoms with Gasteiger partial charge in [0, 0.05) is 17.8 Å². The van der Waals surface area contributed by atoms with Crippen molar-refractivity contribution < 1.29 is 14.7 Å². The fraction of sp³-hybridized carbons (Fsp3) is 0.833. The lowest BCUT2D eigenvalue weighted by molar-refractivity contribution is -0.138. The molecule has 0 radical (unpaired) electrons. The van der Waals surface area contributed by atoms with E-state index in [0.29, 0.717) is 0 Å². The molecular weight excluding hydrogens is 252 g/mol. The second kappa shape index (κ2) is 6.31. The normalized spacial score (nSPS) is 21.4. The van der Waals surface area contributed by atoms with Crippen molar-refractivity contribution in [3.05, 3.63) is 0 Å². The maximum absolute atomic E-state index is 11.8. The maximum atomic E-state index is 11.8. The van der Waals surface area contributed by atoms with Crippen LogP contribution in [0.3, 0.4) is 0 Å². The first kappa shape index (κ1) is 15.1. The highest BCUT2D eigenvalue weighted by Crippen LogP contribution is 2.22. The van der Waals surface area contributed by atoms with E-state index < -0.39 is 5.97 Å². The van der Waals surface area contributed by atoms with Crippen molar-refractivity contribution in [2.75, 3.05) is 11.5 Å². The standard InChI is InChI=1S/C12H22N2O3S/c1-12(2,3)9(6-10(15)16)14-11(17)13-8-4-5-18-7-8/h8-9H,4-7H2,1-3H3,(H,15,16)(H2,13,14,17). The lowest BCUT2D eigenvalue weighted by Crippen LogP contribution is -2.51. The summed E-state index contributed by atoms with van der Waals surface area (Å²) in [7, 11) is 0. The molecule has 0 saturated carbocycles. The summed E-state index contributed by atoms with van der Waals surface area (Å²) in [5, 5.41) is 14.5. The molecule has 0 aromatic carbocycles. The van der Waals surface area contributed by atoms with Gasteiger partial charge in [-0.25, -0.2) is 4.79 Å². The first-order valence-electron chi connectivity index (χ1n) is 6.15. The quantitative estimate of drug-likeness (QED) is 0.729. The SMILES string of the molecule is CC(C)(C)C(CC(=O)O)NC(=O)NC1CCSC1. The minimum Gasteiger partial charge on any atom is -0.481 e. The summed E-state index contributed by atoms with van der Waals surface area (Å²) < 4.78 is 0. The summed E-state index contributed by atoms with van der Waals surface area (Å²) in [6, 6.07) is -0.423. The number of thioether (sulfide) groups is 1. The summed E-state index contributed by atoms with van der Waals surface area (Å²) >= 11 is 1.82. The highest BCUT2D eigenvalue weighted by Gasteiger charge is 2.29. The minimum absolute atomic E-state index is 0.0592. The van der Waals surface area contributed by atoms with Gasteiger partial charge >= 0.3 is 12.0 Å². The zero-order valence-corrected chi connectivity index (χ0v) is 12.0. The molecule has 18 heavy (non-hydrogen) atoms. The van der Waals surface area contributed by atoms with Crippen molar-refractivity contribution >= 4 is 23.8 Å². The van der Waals surface area contributed by atoms with E-state index in [1.807, 2.05) is 32.5 Å². The Balaban J connectivity index is 2.48. The van der Waals surface area contributed by atoms with Gasteiger partial charge in [-0.3, -0.25) is 4.79 Å². The van der Waals surface area contributed by atoms with Gasteiger partial charge in [-0.05, 0) is 17.6 Å². The van der Waals surface area contributed by atoms with E-state index in [9.17, 15) is 9.59 Å². The molecule has 0 aromatic heterocycles. The van der Waals surface area contributed by atoms with Crippen LogP contribution in [0, 0.1) is 5.41 Å². The molecule has 5 nitrogen and oxygen atoms in total. The van der Waals surface area contributed by atoms with Gasteiger partial charge in [-0.2, -0.15) is 11.8 Å². The molecule has 1 aliphatic heterocycles. The van der Waals surface area contributed by atoms with Crippen LogP contribution >= 0.6 is 11.8 Å². The third-order valence-corrected chi connectivity index (χ3v) is 4.16. The van der Waals surface area contributed by atoms with Gasteiger partial charge in [0.25, 0.3) is 0 Å². The van der Waals surface area contributed by atoms with Gasteiger partial charge in [-0.15, -0.1) is 0 Å². The summed E-state index contributed by atoms with van der Waals surface area (Å²) in [6.07, 6.45) is 0.924. The van der Waals surface area contributed by atoms with Gasteiger partial charge in [0.1, 0.15) is 0 Å². The molecule has 2 amide bonds. The number of carbonyl (C=O) groups excluding carboxylic acids is 1. The molecule has 3 N–H and O–H groups in total. The summed E-state index contributed by atoms with van der Waals surface area (Å²) in [5.74, 6) is 1.11. The van der Waals surface area contributed by atoms with E-state index in [1.54, 1.807) is 0 Å². The Bertz CT molecular complexity index is 309. The average molecular weight is 274 g/mol. The number of carboxylic acid groups (broad SMARTS) is 1. The Morgan fingerprint density at radius 3 is 2.56 bits per heavy atom. The van der Waals surface area contributed by atoms with Crippen molar-refractivity contribution in [3.8, 4) is 0 Å². The van der Waals surface area contributed by atoms with Gasteiger partial charge in [0.2, 0.25) is 0 Å². The fourth-order valence-corrected chi connectivity index (χ4v) is 2.93. The van der Waals surface area contributed by atoms with Crippen LogP contribution in [0.5, 0.6) is 0 Å². The van der Waals surface area contributed by atoms with Crippen molar-refractivity contribution in [1.82, 2.24) is 10.6 Å². The van der Waals surface area contributed by atoms with Crippen molar-refractivity contribution in [2.45, 2.75) is 45.7 Å². The van der Waals surface area contributed by atoms with Crippen LogP contribution in [0.1, 0.15) is 33.6 Å². The second-order valence-corrected chi connectivity index (χ2v) is 6.84. The first-order valence-corrected chi connectivity index (χ1v) is 7.31. The number of urea groups is 1. The monoisotopic (exact) mass is 274 g/mol. The topological polar surface area (TPSA) is 78.4 Å². The van der Waals surface area contributed by atoms with E-state index >= 15 is 0 Å². The zero-order chi connectivity index (χ0) is 13.8. The molecule has 6 heteroatoms.